The van der Waals surface area contributed by atoms with E-state index in [1.807, 2.05) is 11.9 Å². The third-order valence-corrected chi connectivity index (χ3v) is 4.12. The van der Waals surface area contributed by atoms with Crippen LogP contribution in [-0.2, 0) is 4.79 Å². The molecule has 1 saturated carbocycles. The summed E-state index contributed by atoms with van der Waals surface area (Å²) in [5.41, 5.74) is 5.78. The second-order valence-electron chi connectivity index (χ2n) is 6.23. The Morgan fingerprint density at radius 3 is 2.39 bits per heavy atom. The summed E-state index contributed by atoms with van der Waals surface area (Å²) in [6.45, 7) is 5.01. The van der Waals surface area contributed by atoms with Gasteiger partial charge in [-0.2, -0.15) is 0 Å². The number of nitrogens with zero attached hydrogens (tertiary/aromatic N) is 1. The van der Waals surface area contributed by atoms with E-state index in [2.05, 4.69) is 13.8 Å². The lowest BCUT2D eigenvalue weighted by Crippen LogP contribution is -2.39. The van der Waals surface area contributed by atoms with E-state index in [-0.39, 0.29) is 5.91 Å². The Hall–Kier alpha value is -0.570. The molecule has 0 radical (unpaired) electrons. The highest BCUT2D eigenvalue weighted by Crippen LogP contribution is 2.23. The number of hydrogen-bond acceptors (Lipinski definition) is 2. The first kappa shape index (κ1) is 15.5. The van der Waals surface area contributed by atoms with Crippen LogP contribution in [0.1, 0.15) is 58.8 Å². The highest BCUT2D eigenvalue weighted by atomic mass is 16.2. The molecule has 0 aliphatic heterocycles. The van der Waals surface area contributed by atoms with Crippen LogP contribution in [0.2, 0.25) is 0 Å². The van der Waals surface area contributed by atoms with Gasteiger partial charge in [-0.3, -0.25) is 4.79 Å². The van der Waals surface area contributed by atoms with Crippen LogP contribution >= 0.6 is 0 Å². The predicted octanol–water partition coefficient (Wildman–Crippen LogP) is 2.79. The third kappa shape index (κ3) is 4.97. The van der Waals surface area contributed by atoms with Crippen LogP contribution in [0.25, 0.3) is 0 Å². The summed E-state index contributed by atoms with van der Waals surface area (Å²) in [5.74, 6) is 1.26. The van der Waals surface area contributed by atoms with E-state index in [1.165, 1.54) is 32.1 Å². The van der Waals surface area contributed by atoms with Crippen LogP contribution in [0.3, 0.4) is 0 Å². The molecule has 2 N–H and O–H groups in total. The lowest BCUT2D eigenvalue weighted by atomic mass is 9.91. The van der Waals surface area contributed by atoms with Gasteiger partial charge in [0.2, 0.25) is 5.91 Å². The zero-order chi connectivity index (χ0) is 13.5. The fraction of sp³-hybridized carbons (Fsp3) is 0.933. The summed E-state index contributed by atoms with van der Waals surface area (Å²) in [6.07, 6.45) is 7.92. The van der Waals surface area contributed by atoms with Gasteiger partial charge in [-0.1, -0.05) is 33.1 Å². The van der Waals surface area contributed by atoms with E-state index in [0.29, 0.717) is 30.8 Å². The average molecular weight is 254 g/mol. The molecule has 1 aliphatic carbocycles. The molecule has 1 aliphatic rings. The quantitative estimate of drug-likeness (QED) is 0.792. The Labute approximate surface area is 112 Å². The highest BCUT2D eigenvalue weighted by Gasteiger charge is 2.24. The molecule has 1 fully saturated rings. The van der Waals surface area contributed by atoms with Crippen LogP contribution in [0, 0.1) is 11.8 Å². The monoisotopic (exact) mass is 254 g/mol. The van der Waals surface area contributed by atoms with E-state index >= 15 is 0 Å². The lowest BCUT2D eigenvalue weighted by Gasteiger charge is -2.32. The molecule has 18 heavy (non-hydrogen) atoms. The molecule has 1 atom stereocenters. The number of rotatable bonds is 6. The van der Waals surface area contributed by atoms with Crippen molar-refractivity contribution in [3.05, 3.63) is 0 Å². The average Bonchev–Trinajstić information content (AvgIpc) is 2.37. The van der Waals surface area contributed by atoms with Crippen LogP contribution in [0.15, 0.2) is 0 Å². The molecule has 0 bridgehead atoms. The van der Waals surface area contributed by atoms with Crippen molar-refractivity contribution in [2.45, 2.75) is 64.8 Å². The Morgan fingerprint density at radius 2 is 1.89 bits per heavy atom. The maximum absolute atomic E-state index is 12.3. The fourth-order valence-electron chi connectivity index (χ4n) is 2.99. The molecular weight excluding hydrogens is 224 g/mol. The second-order valence-corrected chi connectivity index (χ2v) is 6.23. The summed E-state index contributed by atoms with van der Waals surface area (Å²) in [6, 6.07) is 0.476. The maximum Gasteiger partial charge on any atom is 0.222 e. The van der Waals surface area contributed by atoms with Crippen molar-refractivity contribution in [1.29, 1.82) is 0 Å². The topological polar surface area (TPSA) is 46.3 Å². The Kier molecular flexibility index (Phi) is 6.69. The van der Waals surface area contributed by atoms with E-state index in [0.717, 1.165) is 6.42 Å². The minimum atomic E-state index is 0.290. The van der Waals surface area contributed by atoms with E-state index in [9.17, 15) is 4.79 Å². The first-order valence-corrected chi connectivity index (χ1v) is 7.50. The van der Waals surface area contributed by atoms with Crippen LogP contribution < -0.4 is 5.73 Å². The van der Waals surface area contributed by atoms with Crippen molar-refractivity contribution in [1.82, 2.24) is 4.90 Å². The molecule has 0 spiro atoms. The Bertz CT molecular complexity index is 247. The fourth-order valence-corrected chi connectivity index (χ4v) is 2.99. The first-order chi connectivity index (χ1) is 8.54. The van der Waals surface area contributed by atoms with Gasteiger partial charge in [0.15, 0.2) is 0 Å². The number of hydrogen-bond donors (Lipinski definition) is 1. The predicted molar refractivity (Wildman–Crippen MR) is 76.3 cm³/mol. The normalized spacial score (nSPS) is 18.9. The van der Waals surface area contributed by atoms with E-state index in [4.69, 9.17) is 5.73 Å². The smallest absolute Gasteiger partial charge is 0.222 e. The molecule has 0 unspecified atom stereocenters. The SMILES string of the molecule is CC(C)C[C@H](CN)CC(=O)N(C)C1CCCCC1. The van der Waals surface area contributed by atoms with Crippen LogP contribution in [-0.4, -0.2) is 30.4 Å². The molecule has 1 amide bonds. The van der Waals surface area contributed by atoms with Gasteiger partial charge in [-0.25, -0.2) is 0 Å². The van der Waals surface area contributed by atoms with Gasteiger partial charge < -0.3 is 10.6 Å². The van der Waals surface area contributed by atoms with E-state index in [1.54, 1.807) is 0 Å². The summed E-state index contributed by atoms with van der Waals surface area (Å²) in [5, 5.41) is 0. The van der Waals surface area contributed by atoms with Crippen LogP contribution in [0.5, 0.6) is 0 Å². The first-order valence-electron chi connectivity index (χ1n) is 7.50. The summed E-state index contributed by atoms with van der Waals surface area (Å²) in [7, 11) is 1.97. The number of nitrogens with two attached hydrogens (primary N) is 1. The summed E-state index contributed by atoms with van der Waals surface area (Å²) < 4.78 is 0. The summed E-state index contributed by atoms with van der Waals surface area (Å²) >= 11 is 0. The minimum absolute atomic E-state index is 0.290. The molecule has 0 aromatic rings. The van der Waals surface area contributed by atoms with Gasteiger partial charge in [0.25, 0.3) is 0 Å². The molecule has 0 heterocycles. The Morgan fingerprint density at radius 1 is 1.28 bits per heavy atom. The van der Waals surface area contributed by atoms with Gasteiger partial charge >= 0.3 is 0 Å². The zero-order valence-electron chi connectivity index (χ0n) is 12.3. The number of amides is 1. The standard InChI is InChI=1S/C15H30N2O/c1-12(2)9-13(11-16)10-15(18)17(3)14-7-5-4-6-8-14/h12-14H,4-11,16H2,1-3H3/t13-/m0/s1. The maximum atomic E-state index is 12.3. The molecular formula is C15H30N2O. The van der Waals surface area contributed by atoms with Crippen LogP contribution in [0.4, 0.5) is 0 Å². The summed E-state index contributed by atoms with van der Waals surface area (Å²) in [4.78, 5) is 14.3. The third-order valence-electron chi connectivity index (χ3n) is 4.12. The largest absolute Gasteiger partial charge is 0.343 e. The molecule has 106 valence electrons. The molecule has 3 nitrogen and oxygen atoms in total. The van der Waals surface area contributed by atoms with Gasteiger partial charge in [-0.15, -0.1) is 0 Å². The van der Waals surface area contributed by atoms with Crippen molar-refractivity contribution in [3.63, 3.8) is 0 Å². The minimum Gasteiger partial charge on any atom is -0.343 e. The molecule has 0 aromatic carbocycles. The zero-order valence-corrected chi connectivity index (χ0v) is 12.3. The van der Waals surface area contributed by atoms with Crippen molar-refractivity contribution in [3.8, 4) is 0 Å². The van der Waals surface area contributed by atoms with Gasteiger partial charge in [-0.05, 0) is 37.6 Å². The van der Waals surface area contributed by atoms with Crippen molar-refractivity contribution in [2.24, 2.45) is 17.6 Å². The van der Waals surface area contributed by atoms with Crippen molar-refractivity contribution >= 4 is 5.91 Å². The highest BCUT2D eigenvalue weighted by molar-refractivity contribution is 5.76. The van der Waals surface area contributed by atoms with Gasteiger partial charge in [0.05, 0.1) is 0 Å². The van der Waals surface area contributed by atoms with Crippen molar-refractivity contribution in [2.75, 3.05) is 13.6 Å². The molecule has 0 saturated heterocycles. The number of carbonyl (C=O) groups is 1. The number of carbonyl (C=O) groups excluding carboxylic acids is 1. The molecule has 3 heteroatoms. The van der Waals surface area contributed by atoms with Gasteiger partial charge in [0, 0.05) is 19.5 Å². The lowest BCUT2D eigenvalue weighted by molar-refractivity contribution is -0.133. The van der Waals surface area contributed by atoms with Gasteiger partial charge in [0.1, 0.15) is 0 Å². The van der Waals surface area contributed by atoms with Crippen molar-refractivity contribution < 1.29 is 4.79 Å². The Balaban J connectivity index is 2.41. The second kappa shape index (κ2) is 7.78. The molecule has 0 aromatic heterocycles. The molecule has 1 rings (SSSR count). The van der Waals surface area contributed by atoms with E-state index < -0.39 is 0 Å².